The van der Waals surface area contributed by atoms with Crippen molar-refractivity contribution in [3.8, 4) is 0 Å². The average Bonchev–Trinajstić information content (AvgIpc) is 3.30. The minimum atomic E-state index is 0.682. The van der Waals surface area contributed by atoms with Gasteiger partial charge in [0.2, 0.25) is 0 Å². The predicted molar refractivity (Wildman–Crippen MR) is 106 cm³/mol. The maximum Gasteiger partial charge on any atom is 0.191 e. The number of nitrogens with one attached hydrogen (secondary N) is 2. The summed E-state index contributed by atoms with van der Waals surface area (Å²) >= 11 is 0. The third-order valence-corrected chi connectivity index (χ3v) is 5.07. The monoisotopic (exact) mass is 354 g/mol. The highest BCUT2D eigenvalue weighted by molar-refractivity contribution is 5.79. The molecule has 1 unspecified atom stereocenters. The number of hydrogen-bond acceptors (Lipinski definition) is 3. The van der Waals surface area contributed by atoms with Crippen molar-refractivity contribution in [1.82, 2.24) is 25.3 Å². The van der Waals surface area contributed by atoms with Gasteiger partial charge in [0.15, 0.2) is 5.96 Å². The largest absolute Gasteiger partial charge is 0.356 e. The lowest BCUT2D eigenvalue weighted by Crippen LogP contribution is -2.40. The van der Waals surface area contributed by atoms with Crippen molar-refractivity contribution in [2.75, 3.05) is 33.2 Å². The summed E-state index contributed by atoms with van der Waals surface area (Å²) in [5.41, 5.74) is 2.56. The van der Waals surface area contributed by atoms with Crippen LogP contribution in [0, 0.1) is 5.92 Å². The Bertz CT molecular complexity index is 693. The summed E-state index contributed by atoms with van der Waals surface area (Å²) in [6.45, 7) is 5.20. The van der Waals surface area contributed by atoms with E-state index in [9.17, 15) is 0 Å². The molecule has 2 heterocycles. The first-order valence-electron chi connectivity index (χ1n) is 9.42. The van der Waals surface area contributed by atoms with Crippen molar-refractivity contribution in [3.05, 3.63) is 53.9 Å². The second kappa shape index (κ2) is 9.38. The molecular weight excluding hydrogens is 324 g/mol. The summed E-state index contributed by atoms with van der Waals surface area (Å²) in [6, 6.07) is 12.8. The molecule has 2 aromatic rings. The minimum Gasteiger partial charge on any atom is -0.356 e. The predicted octanol–water partition coefficient (Wildman–Crippen LogP) is 1.65. The Balaban J connectivity index is 1.36. The van der Waals surface area contributed by atoms with E-state index in [0.29, 0.717) is 5.92 Å². The van der Waals surface area contributed by atoms with E-state index >= 15 is 0 Å². The molecule has 1 atom stereocenters. The maximum absolute atomic E-state index is 4.32. The van der Waals surface area contributed by atoms with Gasteiger partial charge in [0, 0.05) is 39.9 Å². The summed E-state index contributed by atoms with van der Waals surface area (Å²) in [4.78, 5) is 6.90. The van der Waals surface area contributed by atoms with Crippen molar-refractivity contribution in [2.24, 2.45) is 18.0 Å². The Morgan fingerprint density at radius 2 is 2.08 bits per heavy atom. The molecule has 1 saturated heterocycles. The van der Waals surface area contributed by atoms with Crippen LogP contribution in [-0.4, -0.2) is 53.9 Å². The zero-order chi connectivity index (χ0) is 18.2. The molecule has 1 fully saturated rings. The molecule has 0 bridgehead atoms. The van der Waals surface area contributed by atoms with E-state index in [-0.39, 0.29) is 0 Å². The number of likely N-dealkylation sites (tertiary alicyclic amines) is 1. The molecular formula is C20H30N6. The van der Waals surface area contributed by atoms with Crippen LogP contribution in [0.1, 0.15) is 17.7 Å². The molecule has 0 spiro atoms. The van der Waals surface area contributed by atoms with Crippen LogP contribution in [0.15, 0.2) is 47.6 Å². The van der Waals surface area contributed by atoms with E-state index in [1.807, 2.05) is 31.0 Å². The van der Waals surface area contributed by atoms with Gasteiger partial charge in [0.1, 0.15) is 0 Å². The third-order valence-electron chi connectivity index (χ3n) is 5.07. The van der Waals surface area contributed by atoms with Gasteiger partial charge in [-0.15, -0.1) is 0 Å². The van der Waals surface area contributed by atoms with E-state index in [1.165, 1.54) is 25.1 Å². The Hall–Kier alpha value is -2.34. The Morgan fingerprint density at radius 3 is 2.81 bits per heavy atom. The average molecular weight is 355 g/mol. The van der Waals surface area contributed by atoms with Crippen LogP contribution in [-0.2, 0) is 20.0 Å². The second-order valence-corrected chi connectivity index (χ2v) is 6.94. The van der Waals surface area contributed by atoms with Gasteiger partial charge in [0.05, 0.1) is 12.2 Å². The molecule has 1 aromatic heterocycles. The summed E-state index contributed by atoms with van der Waals surface area (Å²) in [7, 11) is 3.77. The quantitative estimate of drug-likeness (QED) is 0.586. The molecule has 26 heavy (non-hydrogen) atoms. The zero-order valence-corrected chi connectivity index (χ0v) is 15.9. The summed E-state index contributed by atoms with van der Waals surface area (Å²) < 4.78 is 1.88. The van der Waals surface area contributed by atoms with Crippen molar-refractivity contribution in [2.45, 2.75) is 19.4 Å². The van der Waals surface area contributed by atoms with E-state index in [0.717, 1.165) is 37.7 Å². The fourth-order valence-electron chi connectivity index (χ4n) is 3.43. The van der Waals surface area contributed by atoms with Crippen LogP contribution in [0.2, 0.25) is 0 Å². The van der Waals surface area contributed by atoms with Gasteiger partial charge in [-0.1, -0.05) is 30.3 Å². The molecule has 0 saturated carbocycles. The number of benzene rings is 1. The van der Waals surface area contributed by atoms with Crippen LogP contribution >= 0.6 is 0 Å². The first-order chi connectivity index (χ1) is 12.7. The van der Waals surface area contributed by atoms with Gasteiger partial charge in [-0.25, -0.2) is 0 Å². The fraction of sp³-hybridized carbons (Fsp3) is 0.500. The van der Waals surface area contributed by atoms with Crippen molar-refractivity contribution >= 4 is 5.96 Å². The highest BCUT2D eigenvalue weighted by atomic mass is 15.3. The number of nitrogens with zero attached hydrogens (tertiary/aromatic N) is 4. The number of aryl methyl sites for hydroxylation is 1. The van der Waals surface area contributed by atoms with Crippen molar-refractivity contribution in [3.63, 3.8) is 0 Å². The minimum absolute atomic E-state index is 0.682. The highest BCUT2D eigenvalue weighted by Crippen LogP contribution is 2.16. The van der Waals surface area contributed by atoms with Gasteiger partial charge in [-0.2, -0.15) is 5.10 Å². The molecule has 6 nitrogen and oxygen atoms in total. The highest BCUT2D eigenvalue weighted by Gasteiger charge is 2.22. The van der Waals surface area contributed by atoms with Crippen LogP contribution < -0.4 is 10.6 Å². The van der Waals surface area contributed by atoms with Crippen LogP contribution in [0.25, 0.3) is 0 Å². The molecule has 1 aliphatic rings. The molecule has 0 radical (unpaired) electrons. The van der Waals surface area contributed by atoms with Gasteiger partial charge in [-0.05, 0) is 36.9 Å². The Kier molecular flexibility index (Phi) is 6.66. The Labute approximate surface area is 156 Å². The van der Waals surface area contributed by atoms with Gasteiger partial charge in [0.25, 0.3) is 0 Å². The molecule has 140 valence electrons. The van der Waals surface area contributed by atoms with E-state index in [1.54, 1.807) is 0 Å². The van der Waals surface area contributed by atoms with Crippen molar-refractivity contribution in [1.29, 1.82) is 0 Å². The number of rotatable bonds is 7. The lowest BCUT2D eigenvalue weighted by Gasteiger charge is -2.17. The fourth-order valence-corrected chi connectivity index (χ4v) is 3.43. The van der Waals surface area contributed by atoms with E-state index < -0.39 is 0 Å². The van der Waals surface area contributed by atoms with E-state index in [4.69, 9.17) is 0 Å². The second-order valence-electron chi connectivity index (χ2n) is 6.94. The van der Waals surface area contributed by atoms with Gasteiger partial charge in [-0.3, -0.25) is 9.67 Å². The maximum atomic E-state index is 4.32. The number of hydrogen-bond donors (Lipinski definition) is 2. The summed E-state index contributed by atoms with van der Waals surface area (Å²) in [6.07, 6.45) is 4.20. The van der Waals surface area contributed by atoms with Crippen LogP contribution in [0.3, 0.4) is 0 Å². The third kappa shape index (κ3) is 5.33. The molecule has 0 aliphatic carbocycles. The SMILES string of the molecule is CN=C(NCc1ccnn1C)NCC1CCN(CCc2ccccc2)C1. The normalized spacial score (nSPS) is 18.2. The van der Waals surface area contributed by atoms with Gasteiger partial charge >= 0.3 is 0 Å². The summed E-state index contributed by atoms with van der Waals surface area (Å²) in [5, 5.41) is 11.0. The first kappa shape index (κ1) is 18.5. The van der Waals surface area contributed by atoms with Gasteiger partial charge < -0.3 is 15.5 Å². The molecule has 1 aromatic carbocycles. The smallest absolute Gasteiger partial charge is 0.191 e. The molecule has 0 amide bonds. The van der Waals surface area contributed by atoms with E-state index in [2.05, 4.69) is 56.0 Å². The molecule has 6 heteroatoms. The topological polar surface area (TPSA) is 57.5 Å². The van der Waals surface area contributed by atoms with Crippen LogP contribution in [0.5, 0.6) is 0 Å². The first-order valence-corrected chi connectivity index (χ1v) is 9.42. The number of aromatic nitrogens is 2. The molecule has 2 N–H and O–H groups in total. The Morgan fingerprint density at radius 1 is 1.23 bits per heavy atom. The zero-order valence-electron chi connectivity index (χ0n) is 15.9. The summed E-state index contributed by atoms with van der Waals surface area (Å²) in [5.74, 6) is 1.54. The lowest BCUT2D eigenvalue weighted by molar-refractivity contribution is 0.328. The lowest BCUT2D eigenvalue weighted by atomic mass is 10.1. The van der Waals surface area contributed by atoms with Crippen molar-refractivity contribution < 1.29 is 0 Å². The van der Waals surface area contributed by atoms with Crippen LogP contribution in [0.4, 0.5) is 0 Å². The standard InChI is InChI=1S/C20H30N6/c1-21-20(23-15-19-8-11-24-25(19)2)22-14-18-10-13-26(16-18)12-9-17-6-4-3-5-7-17/h3-8,11,18H,9-10,12-16H2,1-2H3,(H2,21,22,23). The number of guanidine groups is 1. The molecule has 3 rings (SSSR count). The molecule has 1 aliphatic heterocycles. The number of aliphatic imine (C=N–C) groups is 1.